The second kappa shape index (κ2) is 6.75. The molecule has 1 saturated heterocycles. The predicted octanol–water partition coefficient (Wildman–Crippen LogP) is 2.27. The standard InChI is InChI=1S/C16H24N2O2/c1-3-17-15-5-4-14(10-12(15)2)16(20)18-8-6-13(11-18)7-9-19/h4-5,10,13,17,19H,3,6-9,11H2,1-2H3. The van der Waals surface area contributed by atoms with Crippen LogP contribution in [-0.4, -0.2) is 42.2 Å². The lowest BCUT2D eigenvalue weighted by molar-refractivity contribution is 0.0784. The number of nitrogens with one attached hydrogen (secondary N) is 1. The number of likely N-dealkylation sites (tertiary alicyclic amines) is 1. The predicted molar refractivity (Wildman–Crippen MR) is 81.1 cm³/mol. The fraction of sp³-hybridized carbons (Fsp3) is 0.562. The van der Waals surface area contributed by atoms with Crippen LogP contribution < -0.4 is 5.32 Å². The van der Waals surface area contributed by atoms with Crippen LogP contribution in [0.25, 0.3) is 0 Å². The van der Waals surface area contributed by atoms with Crippen LogP contribution in [0.1, 0.15) is 35.7 Å². The topological polar surface area (TPSA) is 52.6 Å². The van der Waals surface area contributed by atoms with Crippen molar-refractivity contribution in [3.8, 4) is 0 Å². The van der Waals surface area contributed by atoms with Gasteiger partial charge in [0.2, 0.25) is 0 Å². The van der Waals surface area contributed by atoms with E-state index in [1.807, 2.05) is 30.0 Å². The first kappa shape index (κ1) is 14.9. The average molecular weight is 276 g/mol. The van der Waals surface area contributed by atoms with Crippen molar-refractivity contribution in [3.05, 3.63) is 29.3 Å². The number of hydrogen-bond acceptors (Lipinski definition) is 3. The Labute approximate surface area is 120 Å². The van der Waals surface area contributed by atoms with Crippen molar-refractivity contribution in [1.29, 1.82) is 0 Å². The summed E-state index contributed by atoms with van der Waals surface area (Å²) in [4.78, 5) is 14.4. The van der Waals surface area contributed by atoms with Gasteiger partial charge >= 0.3 is 0 Å². The first-order valence-electron chi connectivity index (χ1n) is 7.40. The number of carbonyl (C=O) groups is 1. The Morgan fingerprint density at radius 3 is 2.95 bits per heavy atom. The molecule has 1 aromatic rings. The number of amides is 1. The van der Waals surface area contributed by atoms with Gasteiger partial charge < -0.3 is 15.3 Å². The average Bonchev–Trinajstić information content (AvgIpc) is 2.89. The molecule has 0 aliphatic carbocycles. The third-order valence-corrected chi connectivity index (χ3v) is 3.95. The quantitative estimate of drug-likeness (QED) is 0.867. The lowest BCUT2D eigenvalue weighted by Crippen LogP contribution is -2.28. The molecule has 0 saturated carbocycles. The number of aliphatic hydroxyl groups excluding tert-OH is 1. The van der Waals surface area contributed by atoms with Gasteiger partial charge in [-0.25, -0.2) is 0 Å². The van der Waals surface area contributed by atoms with Gasteiger partial charge in [0.25, 0.3) is 5.91 Å². The fourth-order valence-corrected chi connectivity index (χ4v) is 2.80. The van der Waals surface area contributed by atoms with Gasteiger partial charge in [-0.3, -0.25) is 4.79 Å². The number of carbonyl (C=O) groups excluding carboxylic acids is 1. The van der Waals surface area contributed by atoms with Crippen LogP contribution in [0.3, 0.4) is 0 Å². The maximum Gasteiger partial charge on any atom is 0.253 e. The minimum atomic E-state index is 0.108. The van der Waals surface area contributed by atoms with Gasteiger partial charge in [-0.15, -0.1) is 0 Å². The molecular formula is C16H24N2O2. The van der Waals surface area contributed by atoms with Gasteiger partial charge in [0, 0.05) is 37.5 Å². The maximum atomic E-state index is 12.5. The molecule has 0 aromatic heterocycles. The summed E-state index contributed by atoms with van der Waals surface area (Å²) in [7, 11) is 0. The van der Waals surface area contributed by atoms with E-state index in [9.17, 15) is 4.79 Å². The largest absolute Gasteiger partial charge is 0.396 e. The highest BCUT2D eigenvalue weighted by molar-refractivity contribution is 5.95. The van der Waals surface area contributed by atoms with Gasteiger partial charge in [-0.2, -0.15) is 0 Å². The van der Waals surface area contributed by atoms with Crippen molar-refractivity contribution >= 4 is 11.6 Å². The van der Waals surface area contributed by atoms with Crippen molar-refractivity contribution in [2.24, 2.45) is 5.92 Å². The van der Waals surface area contributed by atoms with Crippen LogP contribution in [0.15, 0.2) is 18.2 Å². The Hall–Kier alpha value is -1.55. The van der Waals surface area contributed by atoms with E-state index in [1.54, 1.807) is 0 Å². The normalized spacial score (nSPS) is 18.4. The second-order valence-corrected chi connectivity index (χ2v) is 5.48. The van der Waals surface area contributed by atoms with E-state index in [0.29, 0.717) is 5.92 Å². The SMILES string of the molecule is CCNc1ccc(C(=O)N2CCC(CCO)C2)cc1C. The Balaban J connectivity index is 2.04. The van der Waals surface area contributed by atoms with E-state index >= 15 is 0 Å². The van der Waals surface area contributed by atoms with Crippen molar-refractivity contribution in [3.63, 3.8) is 0 Å². The summed E-state index contributed by atoms with van der Waals surface area (Å²) in [5, 5.41) is 12.3. The van der Waals surface area contributed by atoms with Crippen LogP contribution in [0.5, 0.6) is 0 Å². The monoisotopic (exact) mass is 276 g/mol. The molecular weight excluding hydrogens is 252 g/mol. The molecule has 4 heteroatoms. The molecule has 1 heterocycles. The molecule has 2 rings (SSSR count). The highest BCUT2D eigenvalue weighted by Gasteiger charge is 2.26. The summed E-state index contributed by atoms with van der Waals surface area (Å²) in [6.07, 6.45) is 1.79. The fourth-order valence-electron chi connectivity index (χ4n) is 2.80. The van der Waals surface area contributed by atoms with E-state index in [0.717, 1.165) is 49.3 Å². The van der Waals surface area contributed by atoms with Gasteiger partial charge in [-0.05, 0) is 56.4 Å². The molecule has 1 aromatic carbocycles. The zero-order chi connectivity index (χ0) is 14.5. The molecule has 0 radical (unpaired) electrons. The Morgan fingerprint density at radius 2 is 2.30 bits per heavy atom. The van der Waals surface area contributed by atoms with Gasteiger partial charge in [0.1, 0.15) is 0 Å². The van der Waals surface area contributed by atoms with E-state index in [-0.39, 0.29) is 12.5 Å². The summed E-state index contributed by atoms with van der Waals surface area (Å²) >= 11 is 0. The zero-order valence-corrected chi connectivity index (χ0v) is 12.4. The molecule has 1 aliphatic heterocycles. The highest BCUT2D eigenvalue weighted by atomic mass is 16.3. The van der Waals surface area contributed by atoms with E-state index < -0.39 is 0 Å². The minimum absolute atomic E-state index is 0.108. The molecule has 0 bridgehead atoms. The highest BCUT2D eigenvalue weighted by Crippen LogP contribution is 2.23. The number of aryl methyl sites for hydroxylation is 1. The van der Waals surface area contributed by atoms with Gasteiger partial charge in [-0.1, -0.05) is 0 Å². The first-order chi connectivity index (χ1) is 9.65. The molecule has 2 N–H and O–H groups in total. The molecule has 0 spiro atoms. The Morgan fingerprint density at radius 1 is 1.50 bits per heavy atom. The smallest absolute Gasteiger partial charge is 0.253 e. The lowest BCUT2D eigenvalue weighted by Gasteiger charge is -2.17. The van der Waals surface area contributed by atoms with E-state index in [1.165, 1.54) is 0 Å². The lowest BCUT2D eigenvalue weighted by atomic mass is 10.1. The molecule has 110 valence electrons. The third-order valence-electron chi connectivity index (χ3n) is 3.95. The van der Waals surface area contributed by atoms with Crippen LogP contribution in [0.2, 0.25) is 0 Å². The summed E-state index contributed by atoms with van der Waals surface area (Å²) in [6, 6.07) is 5.83. The third kappa shape index (κ3) is 3.31. The van der Waals surface area contributed by atoms with Crippen LogP contribution in [0, 0.1) is 12.8 Å². The molecule has 1 unspecified atom stereocenters. The van der Waals surface area contributed by atoms with Gasteiger partial charge in [0.15, 0.2) is 0 Å². The molecule has 20 heavy (non-hydrogen) atoms. The molecule has 1 fully saturated rings. The number of nitrogens with zero attached hydrogens (tertiary/aromatic N) is 1. The van der Waals surface area contributed by atoms with Crippen molar-refractivity contribution in [2.45, 2.75) is 26.7 Å². The van der Waals surface area contributed by atoms with Gasteiger partial charge in [0.05, 0.1) is 0 Å². The van der Waals surface area contributed by atoms with Crippen LogP contribution >= 0.6 is 0 Å². The van der Waals surface area contributed by atoms with Crippen LogP contribution in [-0.2, 0) is 0 Å². The minimum Gasteiger partial charge on any atom is -0.396 e. The number of aliphatic hydroxyl groups is 1. The molecule has 4 nitrogen and oxygen atoms in total. The summed E-state index contributed by atoms with van der Waals surface area (Å²) in [5.41, 5.74) is 2.95. The molecule has 1 aliphatic rings. The van der Waals surface area contributed by atoms with E-state index in [2.05, 4.69) is 12.2 Å². The van der Waals surface area contributed by atoms with Crippen molar-refractivity contribution in [2.75, 3.05) is 31.6 Å². The second-order valence-electron chi connectivity index (χ2n) is 5.48. The molecule has 1 atom stereocenters. The number of hydrogen-bond donors (Lipinski definition) is 2. The summed E-state index contributed by atoms with van der Waals surface area (Å²) in [6.45, 7) is 6.74. The summed E-state index contributed by atoms with van der Waals surface area (Å²) < 4.78 is 0. The first-order valence-corrected chi connectivity index (χ1v) is 7.40. The number of anilines is 1. The van der Waals surface area contributed by atoms with Crippen molar-refractivity contribution < 1.29 is 9.90 Å². The van der Waals surface area contributed by atoms with Crippen molar-refractivity contribution in [1.82, 2.24) is 4.90 Å². The summed E-state index contributed by atoms with van der Waals surface area (Å²) in [5.74, 6) is 0.558. The van der Waals surface area contributed by atoms with Crippen LogP contribution in [0.4, 0.5) is 5.69 Å². The number of benzene rings is 1. The maximum absolute atomic E-state index is 12.5. The van der Waals surface area contributed by atoms with E-state index in [4.69, 9.17) is 5.11 Å². The zero-order valence-electron chi connectivity index (χ0n) is 12.4. The Bertz CT molecular complexity index is 474. The molecule has 1 amide bonds. The Kier molecular flexibility index (Phi) is 5.01. The number of rotatable bonds is 5.